The molecule has 4 unspecified atom stereocenters. The Balaban J connectivity index is 1.46. The standard InChI is InChI=1S/C22H30O3/c1-13-14(2)25-22(24-13)11-9-16-15(12-22)4-5-18-17(16)8-10-21(3)19(18)6-7-20(21)23/h8,13-14,18-19H,4-7,9-12H2,1-3H3/t13?,14?,18?,19?,21-,22?/m0/s1. The number of carbonyl (C=O) groups is 1. The number of allylic oxidation sites excluding steroid dienone is 3. The summed E-state index contributed by atoms with van der Waals surface area (Å²) in [5.74, 6) is 1.33. The van der Waals surface area contributed by atoms with Crippen molar-refractivity contribution in [3.05, 3.63) is 22.8 Å². The van der Waals surface area contributed by atoms with Crippen LogP contribution in [-0.2, 0) is 14.3 Å². The molecule has 0 radical (unpaired) electrons. The SMILES string of the molecule is CC1OC2(CCC3=C(CCC4C3=CC[C@]3(C)C(=O)CCC43)C2)OC1C. The molecule has 0 N–H and O–H groups in total. The number of hydrogen-bond acceptors (Lipinski definition) is 3. The van der Waals surface area contributed by atoms with E-state index >= 15 is 0 Å². The molecule has 2 fully saturated rings. The molecular formula is C22H30O3. The minimum Gasteiger partial charge on any atom is -0.344 e. The van der Waals surface area contributed by atoms with E-state index in [2.05, 4.69) is 26.8 Å². The van der Waals surface area contributed by atoms with E-state index in [-0.39, 0.29) is 23.4 Å². The summed E-state index contributed by atoms with van der Waals surface area (Å²) in [4.78, 5) is 12.4. The Labute approximate surface area is 150 Å². The molecule has 136 valence electrons. The summed E-state index contributed by atoms with van der Waals surface area (Å²) in [5.41, 5.74) is 4.68. The zero-order chi connectivity index (χ0) is 17.4. The number of ether oxygens (including phenoxy) is 2. The molecule has 1 heterocycles. The zero-order valence-electron chi connectivity index (χ0n) is 15.8. The maximum atomic E-state index is 12.4. The van der Waals surface area contributed by atoms with Crippen LogP contribution in [0, 0.1) is 17.3 Å². The van der Waals surface area contributed by atoms with Crippen LogP contribution in [0.2, 0.25) is 0 Å². The quantitative estimate of drug-likeness (QED) is 0.639. The van der Waals surface area contributed by atoms with Gasteiger partial charge in [0.25, 0.3) is 0 Å². The molecule has 0 amide bonds. The smallest absolute Gasteiger partial charge is 0.173 e. The van der Waals surface area contributed by atoms with Crippen LogP contribution in [0.4, 0.5) is 0 Å². The molecule has 5 rings (SSSR count). The van der Waals surface area contributed by atoms with Crippen molar-refractivity contribution in [2.24, 2.45) is 17.3 Å². The van der Waals surface area contributed by atoms with E-state index < -0.39 is 0 Å². The lowest BCUT2D eigenvalue weighted by molar-refractivity contribution is -0.179. The van der Waals surface area contributed by atoms with Crippen LogP contribution in [0.15, 0.2) is 22.8 Å². The second-order valence-corrected chi connectivity index (χ2v) is 9.31. The van der Waals surface area contributed by atoms with Gasteiger partial charge in [-0.15, -0.1) is 0 Å². The zero-order valence-corrected chi connectivity index (χ0v) is 15.8. The summed E-state index contributed by atoms with van der Waals surface area (Å²) < 4.78 is 12.5. The number of rotatable bonds is 0. The van der Waals surface area contributed by atoms with Gasteiger partial charge in [0.05, 0.1) is 12.2 Å². The van der Waals surface area contributed by atoms with E-state index in [0.717, 1.165) is 44.9 Å². The largest absolute Gasteiger partial charge is 0.344 e. The molecule has 25 heavy (non-hydrogen) atoms. The molecule has 0 aromatic heterocycles. The van der Waals surface area contributed by atoms with Crippen LogP contribution in [0.1, 0.15) is 72.1 Å². The molecule has 0 aromatic rings. The van der Waals surface area contributed by atoms with Crippen LogP contribution >= 0.6 is 0 Å². The lowest BCUT2D eigenvalue weighted by atomic mass is 9.58. The van der Waals surface area contributed by atoms with Gasteiger partial charge in [-0.25, -0.2) is 0 Å². The molecule has 5 atom stereocenters. The summed E-state index contributed by atoms with van der Waals surface area (Å²) in [6.07, 6.45) is 11.0. The topological polar surface area (TPSA) is 35.5 Å². The van der Waals surface area contributed by atoms with Crippen molar-refractivity contribution < 1.29 is 14.3 Å². The summed E-state index contributed by atoms with van der Waals surface area (Å²) in [7, 11) is 0. The second-order valence-electron chi connectivity index (χ2n) is 9.31. The monoisotopic (exact) mass is 342 g/mol. The third-order valence-corrected chi connectivity index (χ3v) is 8.00. The average Bonchev–Trinajstić information content (AvgIpc) is 3.03. The van der Waals surface area contributed by atoms with Crippen LogP contribution in [0.5, 0.6) is 0 Å². The highest BCUT2D eigenvalue weighted by Crippen LogP contribution is 2.58. The highest BCUT2D eigenvalue weighted by atomic mass is 16.8. The molecule has 3 nitrogen and oxygen atoms in total. The molecule has 4 aliphatic carbocycles. The Kier molecular flexibility index (Phi) is 3.44. The number of hydrogen-bond donors (Lipinski definition) is 0. The van der Waals surface area contributed by atoms with Crippen molar-refractivity contribution in [3.63, 3.8) is 0 Å². The fourth-order valence-electron chi connectivity index (χ4n) is 6.43. The van der Waals surface area contributed by atoms with Gasteiger partial charge in [0.1, 0.15) is 5.78 Å². The van der Waals surface area contributed by atoms with Crippen LogP contribution in [0.3, 0.4) is 0 Å². The van der Waals surface area contributed by atoms with Gasteiger partial charge in [0, 0.05) is 24.7 Å². The molecular weight excluding hydrogens is 312 g/mol. The second kappa shape index (κ2) is 5.29. The molecule has 3 heteroatoms. The minimum atomic E-state index is -0.364. The first-order valence-electron chi connectivity index (χ1n) is 10.2. The predicted molar refractivity (Wildman–Crippen MR) is 96.0 cm³/mol. The van der Waals surface area contributed by atoms with Crippen molar-refractivity contribution >= 4 is 5.78 Å². The van der Waals surface area contributed by atoms with Crippen molar-refractivity contribution in [2.75, 3.05) is 0 Å². The molecule has 0 aromatic carbocycles. The van der Waals surface area contributed by atoms with E-state index in [4.69, 9.17) is 9.47 Å². The predicted octanol–water partition coefficient (Wildman–Crippen LogP) is 4.71. The molecule has 1 saturated heterocycles. The van der Waals surface area contributed by atoms with Gasteiger partial charge in [0.15, 0.2) is 5.79 Å². The van der Waals surface area contributed by atoms with Crippen molar-refractivity contribution in [2.45, 2.75) is 90.1 Å². The summed E-state index contributed by atoms with van der Waals surface area (Å²) >= 11 is 0. The van der Waals surface area contributed by atoms with Gasteiger partial charge in [-0.05, 0) is 68.9 Å². The fraction of sp³-hybridized carbons (Fsp3) is 0.773. The molecule has 1 aliphatic heterocycles. The van der Waals surface area contributed by atoms with Gasteiger partial charge in [-0.2, -0.15) is 0 Å². The minimum absolute atomic E-state index is 0.0787. The number of fused-ring (bicyclic) bond motifs is 4. The fourth-order valence-corrected chi connectivity index (χ4v) is 6.43. The summed E-state index contributed by atoms with van der Waals surface area (Å²) in [5, 5.41) is 0. The molecule has 1 spiro atoms. The lowest BCUT2D eigenvalue weighted by Gasteiger charge is -2.46. The maximum absolute atomic E-state index is 12.4. The van der Waals surface area contributed by atoms with E-state index in [1.165, 1.54) is 6.42 Å². The summed E-state index contributed by atoms with van der Waals surface area (Å²) in [6.45, 7) is 6.48. The first-order valence-corrected chi connectivity index (χ1v) is 10.2. The van der Waals surface area contributed by atoms with Crippen LogP contribution in [0.25, 0.3) is 0 Å². The highest BCUT2D eigenvalue weighted by molar-refractivity contribution is 5.87. The molecule has 1 saturated carbocycles. The Morgan fingerprint density at radius 2 is 1.84 bits per heavy atom. The first kappa shape index (κ1) is 16.3. The van der Waals surface area contributed by atoms with Crippen molar-refractivity contribution in [1.82, 2.24) is 0 Å². The van der Waals surface area contributed by atoms with Crippen molar-refractivity contribution in [1.29, 1.82) is 0 Å². The highest BCUT2D eigenvalue weighted by Gasteiger charge is 2.54. The third-order valence-electron chi connectivity index (χ3n) is 8.00. The van der Waals surface area contributed by atoms with E-state index in [1.54, 1.807) is 16.7 Å². The van der Waals surface area contributed by atoms with Gasteiger partial charge < -0.3 is 9.47 Å². The van der Waals surface area contributed by atoms with E-state index in [9.17, 15) is 4.79 Å². The number of Topliss-reactive ketones (excluding diaryl/α,β-unsaturated/α-hetero) is 1. The van der Waals surface area contributed by atoms with E-state index in [0.29, 0.717) is 17.6 Å². The van der Waals surface area contributed by atoms with Gasteiger partial charge in [-0.3, -0.25) is 4.79 Å². The third kappa shape index (κ3) is 2.21. The van der Waals surface area contributed by atoms with Crippen LogP contribution in [-0.4, -0.2) is 23.8 Å². The molecule has 0 bridgehead atoms. The lowest BCUT2D eigenvalue weighted by Crippen LogP contribution is -2.41. The van der Waals surface area contributed by atoms with Crippen molar-refractivity contribution in [3.8, 4) is 0 Å². The normalized spacial score (nSPS) is 49.1. The Morgan fingerprint density at radius 1 is 1.08 bits per heavy atom. The first-order chi connectivity index (χ1) is 11.9. The van der Waals surface area contributed by atoms with E-state index in [1.807, 2.05) is 0 Å². The van der Waals surface area contributed by atoms with Gasteiger partial charge in [0.2, 0.25) is 0 Å². The number of ketones is 1. The van der Waals surface area contributed by atoms with Gasteiger partial charge >= 0.3 is 0 Å². The Morgan fingerprint density at radius 3 is 2.60 bits per heavy atom. The Hall–Kier alpha value is -0.930. The van der Waals surface area contributed by atoms with Gasteiger partial charge in [-0.1, -0.05) is 18.6 Å². The average molecular weight is 342 g/mol. The summed E-state index contributed by atoms with van der Waals surface area (Å²) in [6, 6.07) is 0. The van der Waals surface area contributed by atoms with Crippen LogP contribution < -0.4 is 0 Å². The molecule has 5 aliphatic rings. The number of carbonyl (C=O) groups excluding carboxylic acids is 1. The Bertz CT molecular complexity index is 677. The maximum Gasteiger partial charge on any atom is 0.173 e.